The van der Waals surface area contributed by atoms with Gasteiger partial charge in [0, 0.05) is 0 Å². The van der Waals surface area contributed by atoms with E-state index in [2.05, 4.69) is 28.1 Å². The van der Waals surface area contributed by atoms with Crippen molar-refractivity contribution in [3.63, 3.8) is 0 Å². The van der Waals surface area contributed by atoms with Crippen LogP contribution in [0.5, 0.6) is 0 Å². The van der Waals surface area contributed by atoms with Crippen LogP contribution in [0.1, 0.15) is 18.1 Å². The highest BCUT2D eigenvalue weighted by Crippen LogP contribution is 2.37. The Kier molecular flexibility index (Phi) is 3.45. The first-order valence-electron chi connectivity index (χ1n) is 6.52. The van der Waals surface area contributed by atoms with E-state index in [4.69, 9.17) is 0 Å². The van der Waals surface area contributed by atoms with Crippen LogP contribution in [0.15, 0.2) is 48.5 Å². The van der Waals surface area contributed by atoms with E-state index in [0.717, 1.165) is 22.5 Å². The minimum Gasteiger partial charge on any atom is -0.279 e. The monoisotopic (exact) mass is 327 g/mol. The third-order valence-corrected chi connectivity index (χ3v) is 3.75. The zero-order chi connectivity index (χ0) is 14.1. The molecule has 0 N–H and O–H groups in total. The number of nitrogens with zero attached hydrogens (tertiary/aromatic N) is 1. The predicted octanol–water partition coefficient (Wildman–Crippen LogP) is 4.62. The van der Waals surface area contributed by atoms with Gasteiger partial charge in [0.2, 0.25) is 5.91 Å². The van der Waals surface area contributed by atoms with Crippen LogP contribution in [-0.4, -0.2) is 10.7 Å². The highest BCUT2D eigenvalue weighted by Gasteiger charge is 2.25. The van der Waals surface area contributed by atoms with E-state index in [1.807, 2.05) is 55.5 Å². The molecule has 0 bridgehead atoms. The number of hydrogen-bond donors (Lipinski definition) is 0. The fourth-order valence-electron chi connectivity index (χ4n) is 2.39. The number of hydrogen-bond acceptors (Lipinski definition) is 1. The van der Waals surface area contributed by atoms with Gasteiger partial charge in [-0.1, -0.05) is 64.5 Å². The van der Waals surface area contributed by atoms with Crippen molar-refractivity contribution in [3.8, 4) is 0 Å². The van der Waals surface area contributed by atoms with Crippen molar-refractivity contribution < 1.29 is 4.79 Å². The van der Waals surface area contributed by atoms with Crippen LogP contribution in [0.4, 0.5) is 11.4 Å². The second kappa shape index (κ2) is 5.25. The molecule has 3 heteroatoms. The van der Waals surface area contributed by atoms with Gasteiger partial charge in [-0.15, -0.1) is 0 Å². The van der Waals surface area contributed by atoms with Crippen LogP contribution in [0.25, 0.3) is 12.2 Å². The molecule has 2 nitrogen and oxygen atoms in total. The van der Waals surface area contributed by atoms with Gasteiger partial charge in [-0.2, -0.15) is 0 Å². The number of anilines is 2. The summed E-state index contributed by atoms with van der Waals surface area (Å²) < 4.78 is 0. The highest BCUT2D eigenvalue weighted by molar-refractivity contribution is 9.10. The van der Waals surface area contributed by atoms with Gasteiger partial charge in [0.05, 0.1) is 16.2 Å². The summed E-state index contributed by atoms with van der Waals surface area (Å²) in [5, 5.41) is 0. The molecule has 100 valence electrons. The molecule has 0 spiro atoms. The molecular formula is C17H14BrNO. The Morgan fingerprint density at radius 1 is 0.950 bits per heavy atom. The quantitative estimate of drug-likeness (QED) is 0.700. The van der Waals surface area contributed by atoms with Crippen LogP contribution in [0.3, 0.4) is 0 Å². The van der Waals surface area contributed by atoms with E-state index in [-0.39, 0.29) is 10.7 Å². The molecule has 2 aromatic rings. The van der Waals surface area contributed by atoms with Crippen molar-refractivity contribution in [2.75, 3.05) is 4.90 Å². The van der Waals surface area contributed by atoms with E-state index in [1.54, 1.807) is 4.90 Å². The number of carbonyl (C=O) groups is 1. The maximum absolute atomic E-state index is 12.6. The Morgan fingerprint density at radius 3 is 1.85 bits per heavy atom. The first kappa shape index (κ1) is 13.1. The molecule has 1 heterocycles. The summed E-state index contributed by atoms with van der Waals surface area (Å²) in [5.74, 6) is 0.0357. The van der Waals surface area contributed by atoms with Gasteiger partial charge in [-0.05, 0) is 30.2 Å². The number of fused-ring (bicyclic) bond motifs is 2. The maximum atomic E-state index is 12.6. The zero-order valence-electron chi connectivity index (χ0n) is 11.1. The Balaban J connectivity index is 2.26. The zero-order valence-corrected chi connectivity index (χ0v) is 12.7. The van der Waals surface area contributed by atoms with Gasteiger partial charge in [0.1, 0.15) is 0 Å². The van der Waals surface area contributed by atoms with E-state index < -0.39 is 0 Å². The number of alkyl halides is 1. The Labute approximate surface area is 126 Å². The molecule has 0 saturated heterocycles. The third-order valence-electron chi connectivity index (χ3n) is 3.36. The second-order valence-electron chi connectivity index (χ2n) is 4.74. The summed E-state index contributed by atoms with van der Waals surface area (Å²) in [6.07, 6.45) is 4.11. The largest absolute Gasteiger partial charge is 0.279 e. The Hall–Kier alpha value is -1.87. The predicted molar refractivity (Wildman–Crippen MR) is 87.3 cm³/mol. The fraction of sp³-hybridized carbons (Fsp3) is 0.118. The number of rotatable bonds is 1. The summed E-state index contributed by atoms with van der Waals surface area (Å²) in [6.45, 7) is 1.85. The summed E-state index contributed by atoms with van der Waals surface area (Å²) in [7, 11) is 0. The third kappa shape index (κ3) is 2.18. The molecule has 0 fully saturated rings. The van der Waals surface area contributed by atoms with Crippen molar-refractivity contribution in [2.24, 2.45) is 0 Å². The first-order chi connectivity index (χ1) is 9.68. The van der Waals surface area contributed by atoms with Crippen LogP contribution in [0.2, 0.25) is 0 Å². The lowest BCUT2D eigenvalue weighted by Gasteiger charge is -2.26. The molecule has 20 heavy (non-hydrogen) atoms. The molecule has 1 aliphatic rings. The number of amides is 1. The number of benzene rings is 2. The number of para-hydroxylation sites is 2. The summed E-state index contributed by atoms with van der Waals surface area (Å²) >= 11 is 3.39. The highest BCUT2D eigenvalue weighted by atomic mass is 79.9. The molecule has 0 radical (unpaired) electrons. The summed E-state index contributed by atoms with van der Waals surface area (Å²) in [5.41, 5.74) is 3.94. The fourth-order valence-corrected chi connectivity index (χ4v) is 2.59. The standard InChI is InChI=1S/C17H14BrNO/c1-12(18)17(20)19-15-8-4-2-6-13(15)10-11-14-7-3-5-9-16(14)19/h2-12H,1H3. The molecule has 2 aromatic carbocycles. The number of halogens is 1. The average molecular weight is 328 g/mol. The SMILES string of the molecule is CC(Br)C(=O)N1c2ccccc2C=Cc2ccccc21. The maximum Gasteiger partial charge on any atom is 0.245 e. The van der Waals surface area contributed by atoms with Gasteiger partial charge in [0.25, 0.3) is 0 Å². The lowest BCUT2D eigenvalue weighted by atomic mass is 10.1. The second-order valence-corrected chi connectivity index (χ2v) is 6.11. The van der Waals surface area contributed by atoms with Gasteiger partial charge in [-0.3, -0.25) is 9.69 Å². The topological polar surface area (TPSA) is 20.3 Å². The number of carbonyl (C=O) groups excluding carboxylic acids is 1. The smallest absolute Gasteiger partial charge is 0.245 e. The average Bonchev–Trinajstić information content (AvgIpc) is 2.63. The van der Waals surface area contributed by atoms with Crippen LogP contribution in [-0.2, 0) is 4.79 Å². The molecule has 0 aliphatic carbocycles. The Morgan fingerprint density at radius 2 is 1.40 bits per heavy atom. The van der Waals surface area contributed by atoms with Crippen LogP contribution < -0.4 is 4.90 Å². The minimum absolute atomic E-state index is 0.0357. The van der Waals surface area contributed by atoms with Crippen LogP contribution in [0, 0.1) is 0 Å². The molecule has 0 aromatic heterocycles. The Bertz CT molecular complexity index is 641. The molecule has 3 rings (SSSR count). The molecule has 1 unspecified atom stereocenters. The van der Waals surface area contributed by atoms with E-state index in [1.165, 1.54) is 0 Å². The van der Waals surface area contributed by atoms with Gasteiger partial charge in [0.15, 0.2) is 0 Å². The molecule has 1 aliphatic heterocycles. The summed E-state index contributed by atoms with van der Waals surface area (Å²) in [4.78, 5) is 14.2. The molecule has 1 atom stereocenters. The molecular weight excluding hydrogens is 314 g/mol. The van der Waals surface area contributed by atoms with Crippen molar-refractivity contribution in [2.45, 2.75) is 11.8 Å². The first-order valence-corrected chi connectivity index (χ1v) is 7.44. The lowest BCUT2D eigenvalue weighted by Crippen LogP contribution is -2.32. The van der Waals surface area contributed by atoms with Crippen LogP contribution >= 0.6 is 15.9 Å². The van der Waals surface area contributed by atoms with Crippen molar-refractivity contribution in [1.82, 2.24) is 0 Å². The van der Waals surface area contributed by atoms with Gasteiger partial charge in [-0.25, -0.2) is 0 Å². The summed E-state index contributed by atoms with van der Waals surface area (Å²) in [6, 6.07) is 15.9. The normalized spacial score (nSPS) is 14.2. The van der Waals surface area contributed by atoms with Gasteiger partial charge < -0.3 is 0 Å². The van der Waals surface area contributed by atoms with Crippen molar-refractivity contribution in [1.29, 1.82) is 0 Å². The molecule has 1 amide bonds. The lowest BCUT2D eigenvalue weighted by molar-refractivity contribution is -0.117. The van der Waals surface area contributed by atoms with E-state index >= 15 is 0 Å². The van der Waals surface area contributed by atoms with Crippen molar-refractivity contribution in [3.05, 3.63) is 59.7 Å². The van der Waals surface area contributed by atoms with E-state index in [0.29, 0.717) is 0 Å². The van der Waals surface area contributed by atoms with Gasteiger partial charge >= 0.3 is 0 Å². The molecule has 0 saturated carbocycles. The minimum atomic E-state index is -0.235. The van der Waals surface area contributed by atoms with E-state index in [9.17, 15) is 4.79 Å². The van der Waals surface area contributed by atoms with Crippen molar-refractivity contribution >= 4 is 45.4 Å².